The zero-order valence-corrected chi connectivity index (χ0v) is 20.6. The molecule has 7 nitrogen and oxygen atoms in total. The number of carbonyl (C=O) groups is 2. The number of carboxylic acids is 1. The second-order valence-corrected chi connectivity index (χ2v) is 10.7. The van der Waals surface area contributed by atoms with E-state index < -0.39 is 28.4 Å². The highest BCUT2D eigenvalue weighted by Gasteiger charge is 2.28. The number of carbonyl (C=O) groups excluding carboxylic acids is 1. The van der Waals surface area contributed by atoms with Crippen molar-refractivity contribution in [2.75, 3.05) is 10.8 Å². The van der Waals surface area contributed by atoms with Crippen LogP contribution in [0.25, 0.3) is 0 Å². The number of anilines is 1. The molecule has 0 aliphatic carbocycles. The molecule has 3 rings (SSSR count). The predicted octanol–water partition coefficient (Wildman–Crippen LogP) is 4.34. The Morgan fingerprint density at radius 1 is 1.12 bits per heavy atom. The number of nitrogens with one attached hydrogen (secondary N) is 1. The van der Waals surface area contributed by atoms with Gasteiger partial charge in [-0.1, -0.05) is 39.7 Å². The molecule has 2 N–H and O–H groups in total. The van der Waals surface area contributed by atoms with Crippen molar-refractivity contribution in [3.05, 3.63) is 80.0 Å². The van der Waals surface area contributed by atoms with Crippen LogP contribution in [0, 0.1) is 13.8 Å². The van der Waals surface area contributed by atoms with Crippen LogP contribution in [0.3, 0.4) is 0 Å². The number of sulfonamides is 1. The molecule has 0 saturated heterocycles. The van der Waals surface area contributed by atoms with Gasteiger partial charge in [0.2, 0.25) is 5.91 Å². The number of aromatic carboxylic acids is 1. The highest BCUT2D eigenvalue weighted by atomic mass is 79.9. The average Bonchev–Trinajstić information content (AvgIpc) is 3.22. The van der Waals surface area contributed by atoms with E-state index in [4.69, 9.17) is 5.11 Å². The van der Waals surface area contributed by atoms with Gasteiger partial charge in [-0.15, -0.1) is 11.3 Å². The van der Waals surface area contributed by atoms with Crippen molar-refractivity contribution in [1.82, 2.24) is 5.32 Å². The molecule has 0 aliphatic rings. The van der Waals surface area contributed by atoms with Gasteiger partial charge in [0.15, 0.2) is 0 Å². The number of hydrogen-bond donors (Lipinski definition) is 2. The smallest absolute Gasteiger partial charge is 0.345 e. The zero-order chi connectivity index (χ0) is 23.5. The maximum absolute atomic E-state index is 13.5. The Morgan fingerprint density at radius 3 is 2.44 bits per heavy atom. The average molecular weight is 537 g/mol. The van der Waals surface area contributed by atoms with E-state index in [2.05, 4.69) is 21.2 Å². The molecule has 32 heavy (non-hydrogen) atoms. The van der Waals surface area contributed by atoms with Crippen LogP contribution in [0.1, 0.15) is 26.4 Å². The van der Waals surface area contributed by atoms with E-state index >= 15 is 0 Å². The summed E-state index contributed by atoms with van der Waals surface area (Å²) in [6.45, 7) is 3.30. The van der Waals surface area contributed by atoms with Crippen LogP contribution < -0.4 is 9.62 Å². The van der Waals surface area contributed by atoms with Gasteiger partial charge in [0, 0.05) is 11.0 Å². The lowest BCUT2D eigenvalue weighted by Gasteiger charge is -2.26. The summed E-state index contributed by atoms with van der Waals surface area (Å²) >= 11 is 4.48. The summed E-state index contributed by atoms with van der Waals surface area (Å²) in [6.07, 6.45) is 0. The molecule has 0 atom stereocenters. The molecular formula is C22H21BrN2O5S2. The molecule has 1 aromatic heterocycles. The third kappa shape index (κ3) is 5.37. The molecule has 0 saturated carbocycles. The van der Waals surface area contributed by atoms with Crippen molar-refractivity contribution in [2.24, 2.45) is 0 Å². The fourth-order valence-corrected chi connectivity index (χ4v) is 5.55. The van der Waals surface area contributed by atoms with Crippen molar-refractivity contribution < 1.29 is 23.1 Å². The summed E-state index contributed by atoms with van der Waals surface area (Å²) in [6, 6.07) is 13.1. The molecule has 168 valence electrons. The lowest BCUT2D eigenvalue weighted by molar-refractivity contribution is -0.119. The van der Waals surface area contributed by atoms with Crippen LogP contribution in [-0.2, 0) is 21.4 Å². The van der Waals surface area contributed by atoms with Crippen LogP contribution in [0.2, 0.25) is 0 Å². The minimum absolute atomic E-state index is 0.0826. The number of nitrogens with zero attached hydrogens (tertiary/aromatic N) is 1. The Bertz CT molecular complexity index is 1250. The van der Waals surface area contributed by atoms with E-state index in [0.717, 1.165) is 25.7 Å². The van der Waals surface area contributed by atoms with Gasteiger partial charge in [-0.3, -0.25) is 9.10 Å². The molecule has 1 amide bonds. The maximum Gasteiger partial charge on any atom is 0.345 e. The molecule has 0 radical (unpaired) electrons. The van der Waals surface area contributed by atoms with Gasteiger partial charge < -0.3 is 10.4 Å². The quantitative estimate of drug-likeness (QED) is 0.445. The topological polar surface area (TPSA) is 104 Å². The first kappa shape index (κ1) is 24.0. The minimum atomic E-state index is -4.02. The number of rotatable bonds is 8. The van der Waals surface area contributed by atoms with E-state index in [1.54, 1.807) is 42.6 Å². The second-order valence-electron chi connectivity index (χ2n) is 7.11. The largest absolute Gasteiger partial charge is 0.477 e. The van der Waals surface area contributed by atoms with Gasteiger partial charge in [0.05, 0.1) is 10.6 Å². The highest BCUT2D eigenvalue weighted by molar-refractivity contribution is 9.10. The van der Waals surface area contributed by atoms with Gasteiger partial charge in [-0.05, 0) is 60.7 Å². The summed E-state index contributed by atoms with van der Waals surface area (Å²) in [4.78, 5) is 24.0. The number of benzene rings is 2. The first-order valence-electron chi connectivity index (χ1n) is 9.51. The van der Waals surface area contributed by atoms with Gasteiger partial charge >= 0.3 is 5.97 Å². The molecule has 0 spiro atoms. The minimum Gasteiger partial charge on any atom is -0.477 e. The third-order valence-corrected chi connectivity index (χ3v) is 8.36. The molecular weight excluding hydrogens is 516 g/mol. The molecule has 0 aliphatic heterocycles. The summed E-state index contributed by atoms with van der Waals surface area (Å²) < 4.78 is 28.7. The molecule has 0 fully saturated rings. The second kappa shape index (κ2) is 9.85. The van der Waals surface area contributed by atoms with Gasteiger partial charge in [0.25, 0.3) is 10.0 Å². The Labute approximate surface area is 198 Å². The van der Waals surface area contributed by atoms with Gasteiger partial charge in [-0.25, -0.2) is 13.2 Å². The zero-order valence-electron chi connectivity index (χ0n) is 17.3. The first-order chi connectivity index (χ1) is 15.1. The molecule has 3 aromatic rings. The summed E-state index contributed by atoms with van der Waals surface area (Å²) in [7, 11) is -4.02. The van der Waals surface area contributed by atoms with Crippen molar-refractivity contribution >= 4 is 54.9 Å². The van der Waals surface area contributed by atoms with E-state index in [1.807, 2.05) is 6.92 Å². The highest BCUT2D eigenvalue weighted by Crippen LogP contribution is 2.31. The predicted molar refractivity (Wildman–Crippen MR) is 128 cm³/mol. The number of amides is 1. The van der Waals surface area contributed by atoms with E-state index in [-0.39, 0.29) is 16.3 Å². The number of aryl methyl sites for hydroxylation is 1. The van der Waals surface area contributed by atoms with Gasteiger partial charge in [-0.2, -0.15) is 0 Å². The fraction of sp³-hybridized carbons (Fsp3) is 0.182. The van der Waals surface area contributed by atoms with E-state index in [9.17, 15) is 18.0 Å². The standard InChI is InChI=1S/C22H21BrN2O5S2/c1-14-6-8-17(9-7-14)32(29,30)25(19-5-3-4-18(23)15(19)2)12-21(26)24-11-16-10-20(22(27)28)31-13-16/h3-10,13H,11-12H2,1-2H3,(H,24,26)(H,27,28). The number of halogens is 1. The summed E-state index contributed by atoms with van der Waals surface area (Å²) in [5, 5.41) is 13.3. The van der Waals surface area contributed by atoms with Crippen molar-refractivity contribution in [2.45, 2.75) is 25.3 Å². The molecule has 0 bridgehead atoms. The molecule has 0 unspecified atom stereocenters. The molecule has 1 heterocycles. The Kier molecular flexibility index (Phi) is 7.37. The number of carboxylic acid groups (broad SMARTS) is 1. The van der Waals surface area contributed by atoms with Crippen LogP contribution in [0.15, 0.2) is 63.3 Å². The van der Waals surface area contributed by atoms with Crippen LogP contribution in [0.4, 0.5) is 5.69 Å². The van der Waals surface area contributed by atoms with Gasteiger partial charge in [0.1, 0.15) is 11.4 Å². The van der Waals surface area contributed by atoms with E-state index in [1.165, 1.54) is 18.2 Å². The Hall–Kier alpha value is -2.69. The molecule has 10 heteroatoms. The van der Waals surface area contributed by atoms with Crippen molar-refractivity contribution in [1.29, 1.82) is 0 Å². The number of thiophene rings is 1. The Morgan fingerprint density at radius 2 is 1.81 bits per heavy atom. The normalized spacial score (nSPS) is 11.2. The SMILES string of the molecule is Cc1ccc(S(=O)(=O)N(CC(=O)NCc2csc(C(=O)O)c2)c2cccc(Br)c2C)cc1. The Balaban J connectivity index is 1.88. The third-order valence-electron chi connectivity index (χ3n) is 4.76. The van der Waals surface area contributed by atoms with Crippen molar-refractivity contribution in [3.63, 3.8) is 0 Å². The summed E-state index contributed by atoms with van der Waals surface area (Å²) in [5.41, 5.74) is 2.62. The first-order valence-corrected chi connectivity index (χ1v) is 12.6. The van der Waals surface area contributed by atoms with E-state index in [0.29, 0.717) is 16.8 Å². The fourth-order valence-electron chi connectivity index (χ4n) is 2.97. The monoisotopic (exact) mass is 536 g/mol. The number of hydrogen-bond acceptors (Lipinski definition) is 5. The lowest BCUT2D eigenvalue weighted by atomic mass is 10.2. The van der Waals surface area contributed by atoms with Crippen LogP contribution in [-0.4, -0.2) is 31.9 Å². The lowest BCUT2D eigenvalue weighted by Crippen LogP contribution is -2.41. The van der Waals surface area contributed by atoms with Crippen LogP contribution in [0.5, 0.6) is 0 Å². The maximum atomic E-state index is 13.5. The van der Waals surface area contributed by atoms with Crippen LogP contribution >= 0.6 is 27.3 Å². The summed E-state index contributed by atoms with van der Waals surface area (Å²) in [5.74, 6) is -1.55. The molecule has 2 aromatic carbocycles. The van der Waals surface area contributed by atoms with Crippen molar-refractivity contribution in [3.8, 4) is 0 Å².